The van der Waals surface area contributed by atoms with Crippen LogP contribution in [0.15, 0.2) is 20.3 Å². The van der Waals surface area contributed by atoms with E-state index in [-0.39, 0.29) is 17.9 Å². The van der Waals surface area contributed by atoms with Crippen molar-refractivity contribution in [1.29, 1.82) is 0 Å². The van der Waals surface area contributed by atoms with E-state index >= 15 is 0 Å². The second kappa shape index (κ2) is 5.24. The van der Waals surface area contributed by atoms with Gasteiger partial charge in [0, 0.05) is 20.4 Å². The zero-order chi connectivity index (χ0) is 11.4. The maximum absolute atomic E-state index is 11.7. The van der Waals surface area contributed by atoms with Gasteiger partial charge < -0.3 is 9.47 Å². The Kier molecular flexibility index (Phi) is 4.25. The Labute approximate surface area is 94.2 Å². The Morgan fingerprint density at radius 1 is 1.27 bits per heavy atom. The molecule has 0 aliphatic carbocycles. The van der Waals surface area contributed by atoms with E-state index in [1.165, 1.54) is 25.0 Å². The highest BCUT2D eigenvalue weighted by Crippen LogP contribution is 1.99. The van der Waals surface area contributed by atoms with Crippen molar-refractivity contribution in [2.45, 2.75) is 13.5 Å². The number of nitrogens with zero attached hydrogens (tertiary/aromatic N) is 2. The standard InChI is InChI=1S/C8H11BrN2O4/c1-14-4-10-3-6(9)7(12)11(5-15-2)8(10)13/h3H,4-5H2,1-2H3. The van der Waals surface area contributed by atoms with Crippen LogP contribution in [0.25, 0.3) is 0 Å². The van der Waals surface area contributed by atoms with Gasteiger partial charge in [-0.3, -0.25) is 9.36 Å². The van der Waals surface area contributed by atoms with Gasteiger partial charge in [-0.15, -0.1) is 0 Å². The maximum atomic E-state index is 11.7. The molecule has 0 radical (unpaired) electrons. The summed E-state index contributed by atoms with van der Waals surface area (Å²) in [7, 11) is 2.87. The molecule has 15 heavy (non-hydrogen) atoms. The summed E-state index contributed by atoms with van der Waals surface area (Å²) in [5, 5.41) is 0. The van der Waals surface area contributed by atoms with Gasteiger partial charge in [-0.2, -0.15) is 0 Å². The largest absolute Gasteiger partial charge is 0.364 e. The minimum absolute atomic E-state index is 0.0825. The van der Waals surface area contributed by atoms with Crippen molar-refractivity contribution in [1.82, 2.24) is 9.13 Å². The molecule has 0 N–H and O–H groups in total. The van der Waals surface area contributed by atoms with Crippen LogP contribution < -0.4 is 11.2 Å². The molecular weight excluding hydrogens is 268 g/mol. The molecule has 1 aromatic heterocycles. The van der Waals surface area contributed by atoms with E-state index in [0.717, 1.165) is 4.57 Å². The van der Waals surface area contributed by atoms with Gasteiger partial charge in [-0.1, -0.05) is 0 Å². The Bertz CT molecular complexity index is 451. The average molecular weight is 279 g/mol. The Morgan fingerprint density at radius 2 is 1.87 bits per heavy atom. The number of hydrogen-bond acceptors (Lipinski definition) is 4. The van der Waals surface area contributed by atoms with Crippen molar-refractivity contribution in [3.8, 4) is 0 Å². The van der Waals surface area contributed by atoms with E-state index < -0.39 is 11.2 Å². The van der Waals surface area contributed by atoms with Crippen LogP contribution in [0.4, 0.5) is 0 Å². The molecule has 0 aliphatic heterocycles. The molecule has 0 aromatic carbocycles. The molecule has 0 bridgehead atoms. The molecule has 0 saturated heterocycles. The lowest BCUT2D eigenvalue weighted by Gasteiger charge is -2.09. The molecule has 0 aliphatic rings. The summed E-state index contributed by atoms with van der Waals surface area (Å²) >= 11 is 3.07. The number of aromatic nitrogens is 2. The zero-order valence-electron chi connectivity index (χ0n) is 8.40. The SMILES string of the molecule is COCn1cc(Br)c(=O)n(COC)c1=O. The van der Waals surface area contributed by atoms with Crippen LogP contribution in [-0.4, -0.2) is 23.4 Å². The van der Waals surface area contributed by atoms with Gasteiger partial charge in [0.15, 0.2) is 0 Å². The topological polar surface area (TPSA) is 62.5 Å². The van der Waals surface area contributed by atoms with Crippen molar-refractivity contribution in [2.75, 3.05) is 14.2 Å². The first-order chi connectivity index (χ1) is 7.11. The van der Waals surface area contributed by atoms with E-state index in [9.17, 15) is 9.59 Å². The Hall–Kier alpha value is -0.920. The third-order valence-corrected chi connectivity index (χ3v) is 2.27. The molecule has 1 rings (SSSR count). The zero-order valence-corrected chi connectivity index (χ0v) is 9.98. The van der Waals surface area contributed by atoms with Gasteiger partial charge in [-0.05, 0) is 15.9 Å². The lowest BCUT2D eigenvalue weighted by Crippen LogP contribution is -2.40. The minimum atomic E-state index is -0.466. The van der Waals surface area contributed by atoms with Crippen LogP contribution in [0.1, 0.15) is 0 Å². The number of hydrogen-bond donors (Lipinski definition) is 0. The lowest BCUT2D eigenvalue weighted by atomic mass is 10.6. The van der Waals surface area contributed by atoms with Crippen LogP contribution in [0.3, 0.4) is 0 Å². The number of methoxy groups -OCH3 is 2. The van der Waals surface area contributed by atoms with Gasteiger partial charge in [0.1, 0.15) is 13.5 Å². The molecule has 0 atom stereocenters. The van der Waals surface area contributed by atoms with Gasteiger partial charge in [0.05, 0.1) is 4.47 Å². The monoisotopic (exact) mass is 278 g/mol. The van der Waals surface area contributed by atoms with Gasteiger partial charge >= 0.3 is 5.69 Å². The predicted molar refractivity (Wildman–Crippen MR) is 56.7 cm³/mol. The quantitative estimate of drug-likeness (QED) is 0.777. The van der Waals surface area contributed by atoms with Crippen LogP contribution >= 0.6 is 15.9 Å². The lowest BCUT2D eigenvalue weighted by molar-refractivity contribution is 0.105. The molecule has 0 unspecified atom stereocenters. The second-order valence-electron chi connectivity index (χ2n) is 2.80. The molecule has 6 nitrogen and oxygen atoms in total. The van der Waals surface area contributed by atoms with Crippen LogP contribution in [-0.2, 0) is 22.9 Å². The average Bonchev–Trinajstić information content (AvgIpc) is 2.21. The smallest absolute Gasteiger partial charge is 0.334 e. The maximum Gasteiger partial charge on any atom is 0.334 e. The van der Waals surface area contributed by atoms with Crippen molar-refractivity contribution in [2.24, 2.45) is 0 Å². The normalized spacial score (nSPS) is 10.6. The molecule has 1 aromatic rings. The van der Waals surface area contributed by atoms with E-state index in [2.05, 4.69) is 15.9 Å². The van der Waals surface area contributed by atoms with Crippen molar-refractivity contribution < 1.29 is 9.47 Å². The molecule has 84 valence electrons. The Morgan fingerprint density at radius 3 is 2.40 bits per heavy atom. The predicted octanol–water partition coefficient (Wildman–Crippen LogP) is -0.0197. The summed E-state index contributed by atoms with van der Waals surface area (Å²) in [6.07, 6.45) is 1.39. The number of halogens is 1. The van der Waals surface area contributed by atoms with E-state index in [0.29, 0.717) is 0 Å². The van der Waals surface area contributed by atoms with Crippen LogP contribution in [0.5, 0.6) is 0 Å². The highest BCUT2D eigenvalue weighted by Gasteiger charge is 2.08. The molecule has 0 amide bonds. The van der Waals surface area contributed by atoms with Crippen LogP contribution in [0, 0.1) is 0 Å². The van der Waals surface area contributed by atoms with E-state index in [1.54, 1.807) is 0 Å². The van der Waals surface area contributed by atoms with E-state index in [1.807, 2.05) is 0 Å². The first kappa shape index (κ1) is 12.2. The molecule has 7 heteroatoms. The third-order valence-electron chi connectivity index (χ3n) is 1.72. The Balaban J connectivity index is 3.35. The summed E-state index contributed by atoms with van der Waals surface area (Å²) in [6.45, 7) is 0.00223. The highest BCUT2D eigenvalue weighted by molar-refractivity contribution is 9.10. The van der Waals surface area contributed by atoms with Gasteiger partial charge in [-0.25, -0.2) is 9.36 Å². The number of rotatable bonds is 4. The summed E-state index contributed by atoms with van der Waals surface area (Å²) in [4.78, 5) is 23.2. The highest BCUT2D eigenvalue weighted by atomic mass is 79.9. The molecule has 1 heterocycles. The van der Waals surface area contributed by atoms with Gasteiger partial charge in [0.2, 0.25) is 0 Å². The first-order valence-electron chi connectivity index (χ1n) is 4.09. The van der Waals surface area contributed by atoms with Crippen LogP contribution in [0.2, 0.25) is 0 Å². The molecule has 0 spiro atoms. The number of ether oxygens (including phenoxy) is 2. The summed E-state index contributed by atoms with van der Waals surface area (Å²) in [6, 6.07) is 0. The molecule has 0 saturated carbocycles. The fourth-order valence-electron chi connectivity index (χ4n) is 1.09. The molecule has 0 fully saturated rings. The first-order valence-corrected chi connectivity index (χ1v) is 4.88. The summed E-state index contributed by atoms with van der Waals surface area (Å²) in [5.41, 5.74) is -0.888. The fraction of sp³-hybridized carbons (Fsp3) is 0.500. The fourth-order valence-corrected chi connectivity index (χ4v) is 1.55. The molecular formula is C8H11BrN2O4. The summed E-state index contributed by atoms with van der Waals surface area (Å²) in [5.74, 6) is 0. The summed E-state index contributed by atoms with van der Waals surface area (Å²) < 4.78 is 12.1. The van der Waals surface area contributed by atoms with Crippen molar-refractivity contribution >= 4 is 15.9 Å². The van der Waals surface area contributed by atoms with Crippen molar-refractivity contribution in [3.63, 3.8) is 0 Å². The second-order valence-corrected chi connectivity index (χ2v) is 3.65. The van der Waals surface area contributed by atoms with Crippen molar-refractivity contribution in [3.05, 3.63) is 31.5 Å². The third kappa shape index (κ3) is 2.55. The minimum Gasteiger partial charge on any atom is -0.364 e. The van der Waals surface area contributed by atoms with E-state index in [4.69, 9.17) is 9.47 Å². The van der Waals surface area contributed by atoms with Gasteiger partial charge in [0.25, 0.3) is 5.56 Å².